The Bertz CT molecular complexity index is 286. The molecule has 0 radical (unpaired) electrons. The zero-order valence-corrected chi connectivity index (χ0v) is 12.9. The van der Waals surface area contributed by atoms with E-state index in [2.05, 4.69) is 4.74 Å². The van der Waals surface area contributed by atoms with E-state index < -0.39 is 39.3 Å². The molecule has 0 aliphatic rings. The number of rotatable bonds is 7. The van der Waals surface area contributed by atoms with Gasteiger partial charge in [-0.25, -0.2) is 0 Å². The van der Waals surface area contributed by atoms with Gasteiger partial charge in [0.1, 0.15) is 0 Å². The third-order valence-electron chi connectivity index (χ3n) is 3.06. The first-order chi connectivity index (χ1) is 8.83. The van der Waals surface area contributed by atoms with Crippen molar-refractivity contribution in [3.8, 4) is 0 Å². The summed E-state index contributed by atoms with van der Waals surface area (Å²) in [5, 5.41) is 0. The molecular weight excluding hydrogens is 306 g/mol. The highest BCUT2D eigenvalue weighted by molar-refractivity contribution is 6.71. The Balaban J connectivity index is 4.96. The van der Waals surface area contributed by atoms with Gasteiger partial charge >= 0.3 is 12.4 Å². The minimum absolute atomic E-state index is 0.412. The standard InChI is InChI=1S/C11H20F6O2Si/c1-5-8-20(3,4)19-7-6-9(18-2,10(12,13)14)11(15,16)17/h5-8H2,1-4H3. The van der Waals surface area contributed by atoms with Crippen LogP contribution >= 0.6 is 0 Å². The van der Waals surface area contributed by atoms with E-state index in [1.165, 1.54) is 0 Å². The van der Waals surface area contributed by atoms with Crippen molar-refractivity contribution in [2.45, 2.75) is 56.9 Å². The van der Waals surface area contributed by atoms with Crippen LogP contribution in [0.3, 0.4) is 0 Å². The van der Waals surface area contributed by atoms with Crippen LogP contribution in [0.25, 0.3) is 0 Å². The predicted octanol–water partition coefficient (Wildman–Crippen LogP) is 4.52. The summed E-state index contributed by atoms with van der Waals surface area (Å²) in [5.41, 5.74) is -4.17. The molecule has 122 valence electrons. The van der Waals surface area contributed by atoms with Crippen molar-refractivity contribution in [2.75, 3.05) is 13.7 Å². The molecule has 0 aromatic heterocycles. The van der Waals surface area contributed by atoms with Crippen molar-refractivity contribution in [3.05, 3.63) is 0 Å². The van der Waals surface area contributed by atoms with Crippen molar-refractivity contribution >= 4 is 8.32 Å². The van der Waals surface area contributed by atoms with E-state index >= 15 is 0 Å². The topological polar surface area (TPSA) is 18.5 Å². The van der Waals surface area contributed by atoms with Gasteiger partial charge in [-0.3, -0.25) is 0 Å². The Morgan fingerprint density at radius 1 is 0.950 bits per heavy atom. The SMILES string of the molecule is CCC[Si](C)(C)OCCC(OC)(C(F)(F)F)C(F)(F)F. The normalized spacial score (nSPS) is 14.7. The number of ether oxygens (including phenoxy) is 1. The first-order valence-corrected chi connectivity index (χ1v) is 9.27. The Labute approximate surface area is 115 Å². The molecule has 0 aliphatic carbocycles. The van der Waals surface area contributed by atoms with Gasteiger partial charge in [0.2, 0.25) is 0 Å². The number of methoxy groups -OCH3 is 1. The van der Waals surface area contributed by atoms with E-state index in [4.69, 9.17) is 4.43 Å². The molecule has 0 amide bonds. The van der Waals surface area contributed by atoms with Gasteiger partial charge in [-0.15, -0.1) is 0 Å². The molecule has 0 fully saturated rings. The monoisotopic (exact) mass is 326 g/mol. The van der Waals surface area contributed by atoms with Crippen molar-refractivity contribution in [3.63, 3.8) is 0 Å². The highest BCUT2D eigenvalue weighted by Crippen LogP contribution is 2.47. The fourth-order valence-corrected chi connectivity index (χ4v) is 3.93. The van der Waals surface area contributed by atoms with E-state index in [1.807, 2.05) is 6.92 Å². The van der Waals surface area contributed by atoms with Crippen LogP contribution in [0.1, 0.15) is 19.8 Å². The van der Waals surface area contributed by atoms with Crippen LogP contribution in [0.5, 0.6) is 0 Å². The predicted molar refractivity (Wildman–Crippen MR) is 65.0 cm³/mol. The van der Waals surface area contributed by atoms with E-state index in [0.29, 0.717) is 13.2 Å². The molecule has 0 unspecified atom stereocenters. The van der Waals surface area contributed by atoms with Gasteiger partial charge in [0, 0.05) is 20.1 Å². The lowest BCUT2D eigenvalue weighted by Gasteiger charge is -2.36. The second kappa shape index (κ2) is 6.65. The van der Waals surface area contributed by atoms with E-state index in [9.17, 15) is 26.3 Å². The first kappa shape index (κ1) is 19.7. The van der Waals surface area contributed by atoms with Gasteiger partial charge in [0.15, 0.2) is 8.32 Å². The van der Waals surface area contributed by atoms with Crippen LogP contribution < -0.4 is 0 Å². The molecule has 20 heavy (non-hydrogen) atoms. The Morgan fingerprint density at radius 3 is 1.70 bits per heavy atom. The molecule has 9 heteroatoms. The Kier molecular flexibility index (Phi) is 6.56. The minimum Gasteiger partial charge on any atom is -0.417 e. The Hall–Kier alpha value is -0.283. The molecular formula is C11H20F6O2Si. The van der Waals surface area contributed by atoms with Crippen LogP contribution in [-0.4, -0.2) is 40.0 Å². The lowest BCUT2D eigenvalue weighted by atomic mass is 9.98. The van der Waals surface area contributed by atoms with Gasteiger partial charge in [0.25, 0.3) is 5.60 Å². The van der Waals surface area contributed by atoms with Crippen LogP contribution in [0.2, 0.25) is 19.1 Å². The van der Waals surface area contributed by atoms with Gasteiger partial charge in [-0.1, -0.05) is 13.3 Å². The lowest BCUT2D eigenvalue weighted by Crippen LogP contribution is -2.59. The molecule has 0 aromatic rings. The molecule has 0 aliphatic heterocycles. The van der Waals surface area contributed by atoms with Gasteiger partial charge in [-0.05, 0) is 19.1 Å². The highest BCUT2D eigenvalue weighted by Gasteiger charge is 2.71. The Morgan fingerprint density at radius 2 is 1.40 bits per heavy atom. The zero-order valence-electron chi connectivity index (χ0n) is 11.9. The number of hydrogen-bond acceptors (Lipinski definition) is 2. The average molecular weight is 326 g/mol. The maximum atomic E-state index is 12.8. The molecule has 0 atom stereocenters. The number of hydrogen-bond donors (Lipinski definition) is 0. The number of halogens is 6. The first-order valence-electron chi connectivity index (χ1n) is 6.15. The summed E-state index contributed by atoms with van der Waals surface area (Å²) >= 11 is 0. The van der Waals surface area contributed by atoms with Crippen LogP contribution in [0.4, 0.5) is 26.3 Å². The second-order valence-corrected chi connectivity index (χ2v) is 9.44. The highest BCUT2D eigenvalue weighted by atomic mass is 28.4. The molecule has 0 aromatic carbocycles. The molecule has 0 N–H and O–H groups in total. The molecule has 0 heterocycles. The molecule has 0 rings (SSSR count). The van der Waals surface area contributed by atoms with Crippen molar-refractivity contribution in [1.29, 1.82) is 0 Å². The summed E-state index contributed by atoms with van der Waals surface area (Å²) in [5.74, 6) is 0. The van der Waals surface area contributed by atoms with Gasteiger partial charge < -0.3 is 9.16 Å². The summed E-state index contributed by atoms with van der Waals surface area (Å²) in [6, 6.07) is 0.672. The molecule has 2 nitrogen and oxygen atoms in total. The fourth-order valence-electron chi connectivity index (χ4n) is 1.92. The van der Waals surface area contributed by atoms with Crippen LogP contribution in [0, 0.1) is 0 Å². The maximum Gasteiger partial charge on any atom is 0.426 e. The molecule has 0 saturated heterocycles. The third kappa shape index (κ3) is 4.63. The average Bonchev–Trinajstić information content (AvgIpc) is 2.20. The summed E-state index contributed by atoms with van der Waals surface area (Å²) in [7, 11) is -1.81. The fraction of sp³-hybridized carbons (Fsp3) is 1.00. The van der Waals surface area contributed by atoms with E-state index in [1.54, 1.807) is 13.1 Å². The van der Waals surface area contributed by atoms with Crippen molar-refractivity contribution in [1.82, 2.24) is 0 Å². The zero-order chi connectivity index (χ0) is 16.2. The largest absolute Gasteiger partial charge is 0.426 e. The minimum atomic E-state index is -5.54. The van der Waals surface area contributed by atoms with Crippen LogP contribution in [-0.2, 0) is 9.16 Å². The summed E-state index contributed by atoms with van der Waals surface area (Å²) in [4.78, 5) is 0. The quantitative estimate of drug-likeness (QED) is 0.506. The lowest BCUT2D eigenvalue weighted by molar-refractivity contribution is -0.377. The van der Waals surface area contributed by atoms with E-state index in [-0.39, 0.29) is 0 Å². The second-order valence-electron chi connectivity index (χ2n) is 5.13. The third-order valence-corrected chi connectivity index (χ3v) is 5.75. The molecule has 0 spiro atoms. The molecule has 0 saturated carbocycles. The summed E-state index contributed by atoms with van der Waals surface area (Å²) in [6.45, 7) is 4.76. The van der Waals surface area contributed by atoms with Crippen molar-refractivity contribution < 1.29 is 35.5 Å². The van der Waals surface area contributed by atoms with E-state index in [0.717, 1.165) is 6.42 Å². The maximum absolute atomic E-state index is 12.8. The summed E-state index contributed by atoms with van der Waals surface area (Å²) < 4.78 is 85.6. The van der Waals surface area contributed by atoms with Crippen LogP contribution in [0.15, 0.2) is 0 Å². The van der Waals surface area contributed by atoms with Gasteiger partial charge in [-0.2, -0.15) is 26.3 Å². The molecule has 0 bridgehead atoms. The summed E-state index contributed by atoms with van der Waals surface area (Å²) in [6.07, 6.45) is -11.6. The number of alkyl halides is 6. The smallest absolute Gasteiger partial charge is 0.417 e. The van der Waals surface area contributed by atoms with Gasteiger partial charge in [0.05, 0.1) is 0 Å². The van der Waals surface area contributed by atoms with Crippen molar-refractivity contribution in [2.24, 2.45) is 0 Å².